The molecule has 0 saturated carbocycles. The molecule has 0 saturated heterocycles. The van der Waals surface area contributed by atoms with Gasteiger partial charge in [-0.25, -0.2) is 0 Å². The smallest absolute Gasteiger partial charge is 0.130 e. The molecule has 1 heteroatoms. The molecule has 0 fully saturated rings. The Hall–Kier alpha value is -1.76. The number of unbranched alkanes of at least 4 members (excludes halogenated alkanes) is 1. The van der Waals surface area contributed by atoms with Crippen molar-refractivity contribution in [2.45, 2.75) is 33.1 Å². The zero-order chi connectivity index (χ0) is 12.8. The molecule has 2 aromatic rings. The highest BCUT2D eigenvalue weighted by Crippen LogP contribution is 2.27. The molecule has 0 atom stereocenters. The number of hydrogen-bond donors (Lipinski definition) is 0. The monoisotopic (exact) mass is 240 g/mol. The summed E-state index contributed by atoms with van der Waals surface area (Å²) in [7, 11) is 0. The largest absolute Gasteiger partial charge is 0.457 e. The Kier molecular flexibility index (Phi) is 4.40. The van der Waals surface area contributed by atoms with Crippen LogP contribution in [0.2, 0.25) is 0 Å². The number of ether oxygens (including phenoxy) is 1. The lowest BCUT2D eigenvalue weighted by molar-refractivity contribution is 0.475. The van der Waals surface area contributed by atoms with E-state index in [4.69, 9.17) is 4.74 Å². The van der Waals surface area contributed by atoms with E-state index in [1.165, 1.54) is 24.0 Å². The van der Waals surface area contributed by atoms with Gasteiger partial charge in [0.1, 0.15) is 11.5 Å². The van der Waals surface area contributed by atoms with Crippen LogP contribution in [0.3, 0.4) is 0 Å². The van der Waals surface area contributed by atoms with Gasteiger partial charge in [-0.2, -0.15) is 0 Å². The number of benzene rings is 2. The Bertz CT molecular complexity index is 488. The second-order valence-electron chi connectivity index (χ2n) is 4.63. The quantitative estimate of drug-likeness (QED) is 0.704. The standard InChI is InChI=1S/C17H20O/c1-3-4-8-15-13-14(2)11-12-17(15)18-16-9-6-5-7-10-16/h5-7,9-13H,3-4,8H2,1-2H3. The van der Waals surface area contributed by atoms with Crippen molar-refractivity contribution < 1.29 is 4.74 Å². The van der Waals surface area contributed by atoms with Crippen molar-refractivity contribution in [1.82, 2.24) is 0 Å². The van der Waals surface area contributed by atoms with Crippen molar-refractivity contribution in [3.8, 4) is 11.5 Å². The van der Waals surface area contributed by atoms with Gasteiger partial charge in [-0.1, -0.05) is 49.2 Å². The third kappa shape index (κ3) is 3.36. The molecule has 2 aromatic carbocycles. The van der Waals surface area contributed by atoms with E-state index in [0.29, 0.717) is 0 Å². The Morgan fingerprint density at radius 3 is 2.50 bits per heavy atom. The highest BCUT2D eigenvalue weighted by molar-refractivity contribution is 5.40. The summed E-state index contributed by atoms with van der Waals surface area (Å²) < 4.78 is 5.96. The van der Waals surface area contributed by atoms with E-state index >= 15 is 0 Å². The lowest BCUT2D eigenvalue weighted by atomic mass is 10.0. The van der Waals surface area contributed by atoms with Crippen molar-refractivity contribution in [1.29, 1.82) is 0 Å². The van der Waals surface area contributed by atoms with E-state index in [0.717, 1.165) is 17.9 Å². The number of rotatable bonds is 5. The summed E-state index contributed by atoms with van der Waals surface area (Å²) in [5.74, 6) is 1.89. The molecule has 18 heavy (non-hydrogen) atoms. The van der Waals surface area contributed by atoms with Gasteiger partial charge in [-0.3, -0.25) is 0 Å². The van der Waals surface area contributed by atoms with Gasteiger partial charge in [0.05, 0.1) is 0 Å². The van der Waals surface area contributed by atoms with E-state index in [2.05, 4.69) is 32.0 Å². The minimum atomic E-state index is 0.902. The van der Waals surface area contributed by atoms with Gasteiger partial charge in [0, 0.05) is 0 Å². The lowest BCUT2D eigenvalue weighted by Gasteiger charge is -2.11. The highest BCUT2D eigenvalue weighted by Gasteiger charge is 2.05. The van der Waals surface area contributed by atoms with Gasteiger partial charge in [0.25, 0.3) is 0 Å². The summed E-state index contributed by atoms with van der Waals surface area (Å²) >= 11 is 0. The first-order valence-electron chi connectivity index (χ1n) is 6.62. The number of aryl methyl sites for hydroxylation is 2. The average Bonchev–Trinajstić information content (AvgIpc) is 2.40. The SMILES string of the molecule is CCCCc1cc(C)ccc1Oc1ccccc1. The van der Waals surface area contributed by atoms with E-state index in [9.17, 15) is 0 Å². The topological polar surface area (TPSA) is 9.23 Å². The molecule has 0 amide bonds. The Balaban J connectivity index is 2.21. The molecule has 0 unspecified atom stereocenters. The minimum absolute atomic E-state index is 0.902. The second-order valence-corrected chi connectivity index (χ2v) is 4.63. The summed E-state index contributed by atoms with van der Waals surface area (Å²) in [5.41, 5.74) is 2.60. The van der Waals surface area contributed by atoms with Crippen LogP contribution in [0.15, 0.2) is 48.5 Å². The summed E-state index contributed by atoms with van der Waals surface area (Å²) in [5, 5.41) is 0. The third-order valence-electron chi connectivity index (χ3n) is 2.99. The molecule has 0 aliphatic carbocycles. The number of para-hydroxylation sites is 1. The Morgan fingerprint density at radius 2 is 1.78 bits per heavy atom. The maximum atomic E-state index is 5.96. The third-order valence-corrected chi connectivity index (χ3v) is 2.99. The van der Waals surface area contributed by atoms with Gasteiger partial charge in [0.2, 0.25) is 0 Å². The van der Waals surface area contributed by atoms with Crippen LogP contribution in [0.5, 0.6) is 11.5 Å². The second kappa shape index (κ2) is 6.25. The van der Waals surface area contributed by atoms with Crippen molar-refractivity contribution >= 4 is 0 Å². The molecule has 0 bridgehead atoms. The zero-order valence-corrected chi connectivity index (χ0v) is 11.1. The van der Waals surface area contributed by atoms with Gasteiger partial charge >= 0.3 is 0 Å². The molecule has 2 rings (SSSR count). The van der Waals surface area contributed by atoms with E-state index in [-0.39, 0.29) is 0 Å². The van der Waals surface area contributed by atoms with Crippen molar-refractivity contribution in [2.75, 3.05) is 0 Å². The van der Waals surface area contributed by atoms with E-state index in [1.807, 2.05) is 30.3 Å². The van der Waals surface area contributed by atoms with Gasteiger partial charge < -0.3 is 4.74 Å². The van der Waals surface area contributed by atoms with E-state index in [1.54, 1.807) is 0 Å². The van der Waals surface area contributed by atoms with Crippen LogP contribution in [0, 0.1) is 6.92 Å². The molecule has 94 valence electrons. The van der Waals surface area contributed by atoms with Crippen LogP contribution in [0.1, 0.15) is 30.9 Å². The van der Waals surface area contributed by atoms with Crippen LogP contribution in [-0.2, 0) is 6.42 Å². The minimum Gasteiger partial charge on any atom is -0.457 e. The summed E-state index contributed by atoms with van der Waals surface area (Å²) in [6.45, 7) is 4.34. The summed E-state index contributed by atoms with van der Waals surface area (Å²) in [6.07, 6.45) is 3.49. The zero-order valence-electron chi connectivity index (χ0n) is 11.1. The molecule has 0 radical (unpaired) electrons. The average molecular weight is 240 g/mol. The molecule has 0 spiro atoms. The van der Waals surface area contributed by atoms with Crippen molar-refractivity contribution in [2.24, 2.45) is 0 Å². The fourth-order valence-electron chi connectivity index (χ4n) is 1.99. The van der Waals surface area contributed by atoms with Crippen LogP contribution < -0.4 is 4.74 Å². The van der Waals surface area contributed by atoms with Crippen molar-refractivity contribution in [3.05, 3.63) is 59.7 Å². The Labute approximate surface area is 109 Å². The summed E-state index contributed by atoms with van der Waals surface area (Å²) in [4.78, 5) is 0. The first-order chi connectivity index (χ1) is 8.79. The normalized spacial score (nSPS) is 10.3. The molecule has 0 N–H and O–H groups in total. The Morgan fingerprint density at radius 1 is 1.00 bits per heavy atom. The lowest BCUT2D eigenvalue weighted by Crippen LogP contribution is -1.93. The van der Waals surface area contributed by atoms with Gasteiger partial charge in [-0.05, 0) is 43.5 Å². The predicted molar refractivity (Wildman–Crippen MR) is 76.3 cm³/mol. The molecular formula is C17H20O. The maximum absolute atomic E-state index is 5.96. The first-order valence-corrected chi connectivity index (χ1v) is 6.62. The molecular weight excluding hydrogens is 220 g/mol. The number of hydrogen-bond acceptors (Lipinski definition) is 1. The van der Waals surface area contributed by atoms with Crippen LogP contribution in [0.4, 0.5) is 0 Å². The van der Waals surface area contributed by atoms with Gasteiger partial charge in [-0.15, -0.1) is 0 Å². The predicted octanol–water partition coefficient (Wildman–Crippen LogP) is 5.13. The molecule has 0 aliphatic rings. The van der Waals surface area contributed by atoms with Crippen LogP contribution in [-0.4, -0.2) is 0 Å². The highest BCUT2D eigenvalue weighted by atomic mass is 16.5. The van der Waals surface area contributed by atoms with Crippen LogP contribution >= 0.6 is 0 Å². The summed E-state index contributed by atoms with van der Waals surface area (Å²) in [6, 6.07) is 16.4. The first kappa shape index (κ1) is 12.7. The van der Waals surface area contributed by atoms with E-state index < -0.39 is 0 Å². The fourth-order valence-corrected chi connectivity index (χ4v) is 1.99. The molecule has 0 aliphatic heterocycles. The fraction of sp³-hybridized carbons (Fsp3) is 0.294. The van der Waals surface area contributed by atoms with Crippen LogP contribution in [0.25, 0.3) is 0 Å². The maximum Gasteiger partial charge on any atom is 0.130 e. The molecule has 1 nitrogen and oxygen atoms in total. The molecule has 0 aromatic heterocycles. The molecule has 0 heterocycles. The van der Waals surface area contributed by atoms with Crippen molar-refractivity contribution in [3.63, 3.8) is 0 Å². The van der Waals surface area contributed by atoms with Gasteiger partial charge in [0.15, 0.2) is 0 Å².